The first-order chi connectivity index (χ1) is 2.81. The van der Waals surface area contributed by atoms with E-state index in [9.17, 15) is 0 Å². The fraction of sp³-hybridized carbons (Fsp3) is 1.00. The van der Waals surface area contributed by atoms with E-state index in [1.807, 2.05) is 0 Å². The zero-order valence-electron chi connectivity index (χ0n) is 3.84. The average molecular weight is 188 g/mol. The summed E-state index contributed by atoms with van der Waals surface area (Å²) in [6, 6.07) is 0. The zero-order chi connectivity index (χ0) is 4.99. The minimum atomic E-state index is -2.16. The molecular formula is C2H10K2O3Si. The molecule has 0 aliphatic carbocycles. The predicted molar refractivity (Wildman–Crippen MR) is 37.7 cm³/mol. The third-order valence-corrected chi connectivity index (χ3v) is 1.21. The van der Waals surface area contributed by atoms with Gasteiger partial charge in [0.25, 0.3) is 0 Å². The summed E-state index contributed by atoms with van der Waals surface area (Å²) in [4.78, 5) is 8.36. The predicted octanol–water partition coefficient (Wildman–Crippen LogP) is -2.31. The van der Waals surface area contributed by atoms with Gasteiger partial charge in [-0.1, -0.05) is 0 Å². The van der Waals surface area contributed by atoms with Crippen LogP contribution in [0.25, 0.3) is 0 Å². The van der Waals surface area contributed by atoms with Gasteiger partial charge in [-0.05, 0) is 0 Å². The molecule has 1 N–H and O–H groups in total. The molecule has 0 amide bonds. The van der Waals surface area contributed by atoms with Crippen LogP contribution in [0.1, 0.15) is 0 Å². The van der Waals surface area contributed by atoms with E-state index in [-0.39, 0.29) is 103 Å². The Morgan fingerprint density at radius 3 is 1.38 bits per heavy atom. The SMILES string of the molecule is CO[SiH](O)OC.[KH].[KH]. The van der Waals surface area contributed by atoms with Crippen molar-refractivity contribution in [2.45, 2.75) is 0 Å². The molecule has 0 radical (unpaired) electrons. The summed E-state index contributed by atoms with van der Waals surface area (Å²) in [5.74, 6) is 0. The molecule has 3 nitrogen and oxygen atoms in total. The van der Waals surface area contributed by atoms with Gasteiger partial charge in [0.2, 0.25) is 0 Å². The van der Waals surface area contributed by atoms with Crippen LogP contribution in [0.3, 0.4) is 0 Å². The van der Waals surface area contributed by atoms with Gasteiger partial charge < -0.3 is 13.6 Å². The van der Waals surface area contributed by atoms with Crippen molar-refractivity contribution in [3.8, 4) is 0 Å². The first-order valence-corrected chi connectivity index (χ1v) is 3.01. The van der Waals surface area contributed by atoms with Crippen molar-refractivity contribution < 1.29 is 13.6 Å². The molecule has 0 spiro atoms. The monoisotopic (exact) mass is 188 g/mol. The molecule has 0 aromatic rings. The Morgan fingerprint density at radius 1 is 1.12 bits per heavy atom. The maximum absolute atomic E-state index is 8.36. The van der Waals surface area contributed by atoms with Crippen LogP contribution in [0.5, 0.6) is 0 Å². The topological polar surface area (TPSA) is 38.7 Å². The van der Waals surface area contributed by atoms with Gasteiger partial charge in [-0.25, -0.2) is 0 Å². The van der Waals surface area contributed by atoms with E-state index in [4.69, 9.17) is 4.80 Å². The fourth-order valence-corrected chi connectivity index (χ4v) is 0.289. The summed E-state index contributed by atoms with van der Waals surface area (Å²) in [6.07, 6.45) is 0. The van der Waals surface area contributed by atoms with Gasteiger partial charge in [-0.3, -0.25) is 0 Å². The molecule has 0 unspecified atom stereocenters. The molecule has 0 heterocycles. The molecular weight excluding hydrogens is 178 g/mol. The fourth-order valence-electron chi connectivity index (χ4n) is 0.0962. The molecule has 0 aromatic carbocycles. The molecule has 0 bridgehead atoms. The van der Waals surface area contributed by atoms with Crippen molar-refractivity contribution in [3.05, 3.63) is 0 Å². The third kappa shape index (κ3) is 12.1. The molecule has 0 saturated carbocycles. The van der Waals surface area contributed by atoms with Crippen LogP contribution in [0.15, 0.2) is 0 Å². The first kappa shape index (κ1) is 17.5. The van der Waals surface area contributed by atoms with Crippen LogP contribution in [-0.2, 0) is 8.85 Å². The van der Waals surface area contributed by atoms with E-state index in [1.54, 1.807) is 0 Å². The molecule has 0 atom stereocenters. The van der Waals surface area contributed by atoms with Gasteiger partial charge in [0.05, 0.1) is 0 Å². The van der Waals surface area contributed by atoms with E-state index in [2.05, 4.69) is 8.85 Å². The molecule has 0 fully saturated rings. The summed E-state index contributed by atoms with van der Waals surface area (Å²) in [5.41, 5.74) is 0. The molecule has 0 aliphatic rings. The molecule has 6 heteroatoms. The van der Waals surface area contributed by atoms with E-state index in [0.29, 0.717) is 0 Å². The number of rotatable bonds is 2. The van der Waals surface area contributed by atoms with Crippen LogP contribution in [-0.4, -0.2) is 131 Å². The molecule has 0 aliphatic heterocycles. The maximum atomic E-state index is 8.36. The van der Waals surface area contributed by atoms with E-state index in [0.717, 1.165) is 0 Å². The Bertz CT molecular complexity index is 34.5. The summed E-state index contributed by atoms with van der Waals surface area (Å²) >= 11 is 0. The van der Waals surface area contributed by atoms with Crippen molar-refractivity contribution in [2.75, 3.05) is 14.2 Å². The van der Waals surface area contributed by atoms with Gasteiger partial charge in [-0.2, -0.15) is 0 Å². The normalized spacial score (nSPS) is 7.50. The Balaban J connectivity index is -0.000000125. The van der Waals surface area contributed by atoms with Crippen LogP contribution >= 0.6 is 0 Å². The Kier molecular flexibility index (Phi) is 28.4. The molecule has 0 saturated heterocycles. The molecule has 8 heavy (non-hydrogen) atoms. The van der Waals surface area contributed by atoms with Gasteiger partial charge in [-0.15, -0.1) is 0 Å². The molecule has 42 valence electrons. The third-order valence-electron chi connectivity index (χ3n) is 0.403. The van der Waals surface area contributed by atoms with E-state index < -0.39 is 9.53 Å². The van der Waals surface area contributed by atoms with Gasteiger partial charge in [0.15, 0.2) is 0 Å². The minimum absolute atomic E-state index is 0. The van der Waals surface area contributed by atoms with Crippen molar-refractivity contribution in [3.63, 3.8) is 0 Å². The van der Waals surface area contributed by atoms with Gasteiger partial charge >= 0.3 is 112 Å². The Hall–Kier alpha value is 3.37. The Morgan fingerprint density at radius 2 is 1.38 bits per heavy atom. The number of hydrogen-bond acceptors (Lipinski definition) is 3. The van der Waals surface area contributed by atoms with Crippen LogP contribution < -0.4 is 0 Å². The second kappa shape index (κ2) is 13.0. The van der Waals surface area contributed by atoms with Crippen LogP contribution in [0, 0.1) is 0 Å². The Labute approximate surface area is 136 Å². The van der Waals surface area contributed by atoms with Crippen molar-refractivity contribution in [2.24, 2.45) is 0 Å². The standard InChI is InChI=1S/C2H8O3Si.2K.2H/c1-4-6(3)5-2;;;;/h3,6H,1-2H3;;;;. The summed E-state index contributed by atoms with van der Waals surface area (Å²) in [5, 5.41) is 0. The summed E-state index contributed by atoms with van der Waals surface area (Å²) in [7, 11) is 0.674. The van der Waals surface area contributed by atoms with Crippen molar-refractivity contribution >= 4 is 112 Å². The van der Waals surface area contributed by atoms with Crippen LogP contribution in [0.2, 0.25) is 0 Å². The van der Waals surface area contributed by atoms with Crippen LogP contribution in [0.4, 0.5) is 0 Å². The zero-order valence-corrected chi connectivity index (χ0v) is 5.00. The number of hydrogen-bond donors (Lipinski definition) is 1. The molecule has 0 rings (SSSR count). The second-order valence-corrected chi connectivity index (χ2v) is 2.34. The van der Waals surface area contributed by atoms with Gasteiger partial charge in [0.1, 0.15) is 0 Å². The van der Waals surface area contributed by atoms with E-state index >= 15 is 0 Å². The summed E-state index contributed by atoms with van der Waals surface area (Å²) in [6.45, 7) is 0. The van der Waals surface area contributed by atoms with Gasteiger partial charge in [0, 0.05) is 14.2 Å². The first-order valence-electron chi connectivity index (χ1n) is 1.55. The van der Waals surface area contributed by atoms with E-state index in [1.165, 1.54) is 14.2 Å². The quantitative estimate of drug-likeness (QED) is 0.495. The average Bonchev–Trinajstić information content (AvgIpc) is 1.65. The molecule has 0 aromatic heterocycles. The van der Waals surface area contributed by atoms with Crippen molar-refractivity contribution in [1.29, 1.82) is 0 Å². The van der Waals surface area contributed by atoms with Crippen molar-refractivity contribution in [1.82, 2.24) is 0 Å². The summed E-state index contributed by atoms with van der Waals surface area (Å²) < 4.78 is 8.74. The second-order valence-electron chi connectivity index (χ2n) is 0.778.